The van der Waals surface area contributed by atoms with Crippen LogP contribution in [0.5, 0.6) is 0 Å². The Bertz CT molecular complexity index is 903. The summed E-state index contributed by atoms with van der Waals surface area (Å²) in [5.74, 6) is 1.71. The van der Waals surface area contributed by atoms with E-state index in [9.17, 15) is 0 Å². The second kappa shape index (κ2) is 12.0. The maximum Gasteiger partial charge on any atom is 0.140 e. The number of hydrogen-bond donors (Lipinski definition) is 0. The molecule has 1 aliphatic heterocycles. The van der Waals surface area contributed by atoms with E-state index in [-0.39, 0.29) is 17.1 Å². The second-order valence-electron chi connectivity index (χ2n) is 11.0. The van der Waals surface area contributed by atoms with Crippen molar-refractivity contribution in [1.29, 1.82) is 0 Å². The summed E-state index contributed by atoms with van der Waals surface area (Å²) in [5.41, 5.74) is 4.26. The standard InChI is InChI=1S/C31H48N2O/c1-11-14-18-26(17-12-2)33(10)29(28-20-16-15-19-27(28)23(4)13-3)32-24(5)25-21-30(6,7)34-31(8,9)22-25/h14-20,23,25H,5,11-13,21-22H2,1-4,6-10H3/b18-14-,26-17+,32-29-. The number of aliphatic imine (C=N–C) groups is 1. The molecule has 0 saturated carbocycles. The first-order chi connectivity index (χ1) is 15.9. The number of rotatable bonds is 9. The summed E-state index contributed by atoms with van der Waals surface area (Å²) in [6.45, 7) is 22.1. The Morgan fingerprint density at radius 1 is 1.12 bits per heavy atom. The van der Waals surface area contributed by atoms with E-state index in [1.807, 2.05) is 0 Å². The van der Waals surface area contributed by atoms with Crippen molar-refractivity contribution < 1.29 is 4.74 Å². The minimum atomic E-state index is -0.192. The van der Waals surface area contributed by atoms with Crippen LogP contribution in [0.2, 0.25) is 0 Å². The summed E-state index contributed by atoms with van der Waals surface area (Å²) in [4.78, 5) is 7.56. The Morgan fingerprint density at radius 2 is 1.74 bits per heavy atom. The fraction of sp³-hybridized carbons (Fsp3) is 0.581. The van der Waals surface area contributed by atoms with E-state index >= 15 is 0 Å². The third-order valence-electron chi connectivity index (χ3n) is 6.74. The van der Waals surface area contributed by atoms with Crippen LogP contribution in [0.15, 0.2) is 65.5 Å². The van der Waals surface area contributed by atoms with Crippen LogP contribution in [0.25, 0.3) is 0 Å². The molecule has 0 aliphatic carbocycles. The Balaban J connectivity index is 2.62. The fourth-order valence-corrected chi connectivity index (χ4v) is 5.11. The largest absolute Gasteiger partial charge is 0.370 e. The van der Waals surface area contributed by atoms with Gasteiger partial charge in [-0.3, -0.25) is 0 Å². The number of allylic oxidation sites excluding steroid dienone is 4. The third-order valence-corrected chi connectivity index (χ3v) is 6.74. The molecule has 34 heavy (non-hydrogen) atoms. The number of nitrogens with zero attached hydrogens (tertiary/aromatic N) is 2. The Hall–Kier alpha value is -2.13. The van der Waals surface area contributed by atoms with Crippen LogP contribution in [0, 0.1) is 5.92 Å². The van der Waals surface area contributed by atoms with Gasteiger partial charge in [0.15, 0.2) is 0 Å². The van der Waals surface area contributed by atoms with Crippen molar-refractivity contribution in [3.05, 3.63) is 71.6 Å². The van der Waals surface area contributed by atoms with Crippen LogP contribution in [0.4, 0.5) is 0 Å². The molecule has 3 heteroatoms. The summed E-state index contributed by atoms with van der Waals surface area (Å²) in [6, 6.07) is 8.73. The summed E-state index contributed by atoms with van der Waals surface area (Å²) >= 11 is 0. The highest BCUT2D eigenvalue weighted by atomic mass is 16.5. The van der Waals surface area contributed by atoms with Crippen LogP contribution in [0.1, 0.15) is 105 Å². The maximum atomic E-state index is 6.34. The molecule has 3 nitrogen and oxygen atoms in total. The van der Waals surface area contributed by atoms with Gasteiger partial charge in [0, 0.05) is 29.9 Å². The minimum absolute atomic E-state index is 0.192. The summed E-state index contributed by atoms with van der Waals surface area (Å²) < 4.78 is 6.34. The molecule has 0 bridgehead atoms. The summed E-state index contributed by atoms with van der Waals surface area (Å²) in [5, 5.41) is 0. The van der Waals surface area contributed by atoms with E-state index in [1.54, 1.807) is 0 Å². The Labute approximate surface area is 209 Å². The van der Waals surface area contributed by atoms with Crippen molar-refractivity contribution >= 4 is 5.84 Å². The zero-order chi connectivity index (χ0) is 25.5. The second-order valence-corrected chi connectivity index (χ2v) is 11.0. The van der Waals surface area contributed by atoms with Gasteiger partial charge >= 0.3 is 0 Å². The average molecular weight is 465 g/mol. The SMILES string of the molecule is C=C(/N=C(/c1ccccc1C(C)CC)N(C)C(/C=C\CC)=C/CC)C1CC(C)(C)OC(C)(C)C1. The van der Waals surface area contributed by atoms with E-state index in [1.165, 1.54) is 16.8 Å². The van der Waals surface area contributed by atoms with E-state index in [0.29, 0.717) is 5.92 Å². The van der Waals surface area contributed by atoms with Gasteiger partial charge in [-0.2, -0.15) is 0 Å². The molecule has 2 rings (SSSR count). The van der Waals surface area contributed by atoms with Crippen LogP contribution < -0.4 is 0 Å². The number of amidine groups is 1. The molecule has 1 saturated heterocycles. The van der Waals surface area contributed by atoms with Gasteiger partial charge in [0.1, 0.15) is 5.84 Å². The van der Waals surface area contributed by atoms with Gasteiger partial charge in [-0.05, 0) is 77.4 Å². The molecule has 1 fully saturated rings. The third kappa shape index (κ3) is 7.43. The van der Waals surface area contributed by atoms with Crippen molar-refractivity contribution in [3.63, 3.8) is 0 Å². The minimum Gasteiger partial charge on any atom is -0.370 e. The molecule has 0 aromatic heterocycles. The van der Waals surface area contributed by atoms with E-state index in [0.717, 1.165) is 43.6 Å². The van der Waals surface area contributed by atoms with Gasteiger partial charge < -0.3 is 9.64 Å². The van der Waals surface area contributed by atoms with Crippen molar-refractivity contribution in [2.24, 2.45) is 10.9 Å². The van der Waals surface area contributed by atoms with Gasteiger partial charge in [-0.15, -0.1) is 0 Å². The quantitative estimate of drug-likeness (QED) is 0.207. The molecule has 1 heterocycles. The number of ether oxygens (including phenoxy) is 1. The number of hydrogen-bond acceptors (Lipinski definition) is 2. The molecule has 1 atom stereocenters. The normalized spacial score (nSPS) is 19.9. The predicted molar refractivity (Wildman–Crippen MR) is 148 cm³/mol. The lowest BCUT2D eigenvalue weighted by Crippen LogP contribution is -2.45. The lowest BCUT2D eigenvalue weighted by molar-refractivity contribution is -0.167. The van der Waals surface area contributed by atoms with Gasteiger partial charge in [0.2, 0.25) is 0 Å². The topological polar surface area (TPSA) is 24.8 Å². The van der Waals surface area contributed by atoms with Crippen molar-refractivity contribution in [1.82, 2.24) is 4.90 Å². The van der Waals surface area contributed by atoms with E-state index in [4.69, 9.17) is 9.73 Å². The molecule has 1 unspecified atom stereocenters. The van der Waals surface area contributed by atoms with E-state index in [2.05, 4.69) is 116 Å². The van der Waals surface area contributed by atoms with Crippen LogP contribution in [-0.4, -0.2) is 29.0 Å². The van der Waals surface area contributed by atoms with Gasteiger partial charge in [0.25, 0.3) is 0 Å². The molecule has 1 aliphatic rings. The van der Waals surface area contributed by atoms with Gasteiger partial charge in [-0.25, -0.2) is 4.99 Å². The van der Waals surface area contributed by atoms with Crippen LogP contribution >= 0.6 is 0 Å². The highest BCUT2D eigenvalue weighted by Crippen LogP contribution is 2.41. The number of benzene rings is 1. The van der Waals surface area contributed by atoms with E-state index < -0.39 is 0 Å². The summed E-state index contributed by atoms with van der Waals surface area (Å²) in [7, 11) is 2.14. The highest BCUT2D eigenvalue weighted by Gasteiger charge is 2.40. The monoisotopic (exact) mass is 464 g/mol. The lowest BCUT2D eigenvalue weighted by atomic mass is 9.79. The molecule has 188 valence electrons. The molecule has 0 N–H and O–H groups in total. The highest BCUT2D eigenvalue weighted by molar-refractivity contribution is 6.02. The van der Waals surface area contributed by atoms with Gasteiger partial charge in [0.05, 0.1) is 11.2 Å². The zero-order valence-corrected chi connectivity index (χ0v) is 23.2. The molecule has 0 spiro atoms. The molecular weight excluding hydrogens is 416 g/mol. The Morgan fingerprint density at radius 3 is 2.29 bits per heavy atom. The fourth-order valence-electron chi connectivity index (χ4n) is 5.11. The summed E-state index contributed by atoms with van der Waals surface area (Å²) in [6.07, 6.45) is 11.6. The van der Waals surface area contributed by atoms with Crippen molar-refractivity contribution in [2.75, 3.05) is 7.05 Å². The number of likely N-dealkylation sites (N-methyl/N-ethyl adjacent to an activating group) is 1. The average Bonchev–Trinajstić information content (AvgIpc) is 2.77. The Kier molecular flexibility index (Phi) is 9.94. The predicted octanol–water partition coefficient (Wildman–Crippen LogP) is 8.64. The molecule has 0 amide bonds. The molecular formula is C31H48N2O. The van der Waals surface area contributed by atoms with Crippen molar-refractivity contribution in [2.45, 2.75) is 105 Å². The molecule has 0 radical (unpaired) electrons. The first kappa shape index (κ1) is 28.1. The first-order valence-corrected chi connectivity index (χ1v) is 13.1. The molecule has 1 aromatic rings. The van der Waals surface area contributed by atoms with Crippen LogP contribution in [0.3, 0.4) is 0 Å². The zero-order valence-electron chi connectivity index (χ0n) is 23.2. The van der Waals surface area contributed by atoms with Gasteiger partial charge in [-0.1, -0.05) is 70.7 Å². The molecule has 1 aromatic carbocycles. The maximum absolute atomic E-state index is 6.34. The smallest absolute Gasteiger partial charge is 0.140 e. The van der Waals surface area contributed by atoms with Crippen LogP contribution in [-0.2, 0) is 4.74 Å². The lowest BCUT2D eigenvalue weighted by Gasteiger charge is -2.45. The van der Waals surface area contributed by atoms with Crippen molar-refractivity contribution in [3.8, 4) is 0 Å². The first-order valence-electron chi connectivity index (χ1n) is 13.1.